The van der Waals surface area contributed by atoms with Crippen LogP contribution in [0.25, 0.3) is 0 Å². The summed E-state index contributed by atoms with van der Waals surface area (Å²) in [6.07, 6.45) is 14.9. The first-order chi connectivity index (χ1) is 8.80. The molecule has 1 atom stereocenters. The zero-order valence-electron chi connectivity index (χ0n) is 12.6. The average Bonchev–Trinajstić information content (AvgIpc) is 2.42. The van der Waals surface area contributed by atoms with Gasteiger partial charge < -0.3 is 5.32 Å². The van der Waals surface area contributed by atoms with Crippen molar-refractivity contribution in [2.45, 2.75) is 64.7 Å². The summed E-state index contributed by atoms with van der Waals surface area (Å²) in [5.41, 5.74) is 0. The molecular weight excluding hydrogens is 218 g/mol. The molecule has 0 aromatic carbocycles. The summed E-state index contributed by atoms with van der Waals surface area (Å²) in [6.45, 7) is 7.44. The van der Waals surface area contributed by atoms with Crippen LogP contribution in [0.15, 0.2) is 12.7 Å². The van der Waals surface area contributed by atoms with Gasteiger partial charge in [-0.3, -0.25) is 0 Å². The van der Waals surface area contributed by atoms with E-state index in [1.807, 2.05) is 0 Å². The van der Waals surface area contributed by atoms with E-state index in [1.54, 1.807) is 0 Å². The zero-order chi connectivity index (χ0) is 13.2. The van der Waals surface area contributed by atoms with Gasteiger partial charge in [0.05, 0.1) is 0 Å². The topological polar surface area (TPSA) is 12.0 Å². The van der Waals surface area contributed by atoms with Gasteiger partial charge in [0, 0.05) is 0 Å². The fraction of sp³-hybridized carbons (Fsp3) is 0.882. The predicted molar refractivity (Wildman–Crippen MR) is 81.8 cm³/mol. The van der Waals surface area contributed by atoms with Crippen molar-refractivity contribution < 1.29 is 0 Å². The third-order valence-electron chi connectivity index (χ3n) is 4.71. The fourth-order valence-electron chi connectivity index (χ4n) is 3.37. The van der Waals surface area contributed by atoms with E-state index in [0.717, 1.165) is 17.8 Å². The summed E-state index contributed by atoms with van der Waals surface area (Å²) in [7, 11) is 2.07. The lowest BCUT2D eigenvalue weighted by Crippen LogP contribution is -2.16. The number of nitrogens with one attached hydrogen (secondary N) is 1. The van der Waals surface area contributed by atoms with E-state index >= 15 is 0 Å². The molecule has 1 unspecified atom stereocenters. The third kappa shape index (κ3) is 6.04. The maximum Gasteiger partial charge on any atom is -0.00493 e. The molecular formula is C17H33N. The molecule has 0 amide bonds. The van der Waals surface area contributed by atoms with Gasteiger partial charge in [0.1, 0.15) is 0 Å². The van der Waals surface area contributed by atoms with Crippen LogP contribution >= 0.6 is 0 Å². The highest BCUT2D eigenvalue weighted by molar-refractivity contribution is 4.84. The molecule has 0 aromatic heterocycles. The van der Waals surface area contributed by atoms with E-state index in [-0.39, 0.29) is 0 Å². The first-order valence-corrected chi connectivity index (χ1v) is 8.07. The van der Waals surface area contributed by atoms with Crippen molar-refractivity contribution in [2.75, 3.05) is 13.6 Å². The summed E-state index contributed by atoms with van der Waals surface area (Å²) >= 11 is 0. The van der Waals surface area contributed by atoms with Crippen molar-refractivity contribution in [1.29, 1.82) is 0 Å². The van der Waals surface area contributed by atoms with E-state index in [2.05, 4.69) is 31.9 Å². The maximum absolute atomic E-state index is 3.93. The van der Waals surface area contributed by atoms with Gasteiger partial charge in [-0.15, -0.1) is 6.58 Å². The molecule has 106 valence electrons. The van der Waals surface area contributed by atoms with Crippen LogP contribution in [0.5, 0.6) is 0 Å². The molecule has 1 rings (SSSR count). The Morgan fingerprint density at radius 1 is 1.17 bits per heavy atom. The van der Waals surface area contributed by atoms with E-state index in [4.69, 9.17) is 0 Å². The van der Waals surface area contributed by atoms with Gasteiger partial charge in [0.2, 0.25) is 0 Å². The summed E-state index contributed by atoms with van der Waals surface area (Å²) in [4.78, 5) is 0. The Balaban J connectivity index is 2.18. The van der Waals surface area contributed by atoms with Crippen LogP contribution in [0.3, 0.4) is 0 Å². The van der Waals surface area contributed by atoms with Gasteiger partial charge in [-0.25, -0.2) is 0 Å². The molecule has 0 aromatic rings. The first-order valence-electron chi connectivity index (χ1n) is 8.07. The van der Waals surface area contributed by atoms with Crippen molar-refractivity contribution in [1.82, 2.24) is 5.32 Å². The van der Waals surface area contributed by atoms with Crippen LogP contribution in [0.4, 0.5) is 0 Å². The molecule has 0 aliphatic heterocycles. The molecule has 0 spiro atoms. The summed E-state index contributed by atoms with van der Waals surface area (Å²) in [6, 6.07) is 0. The Morgan fingerprint density at radius 2 is 1.89 bits per heavy atom. The average molecular weight is 251 g/mol. The Kier molecular flexibility index (Phi) is 8.41. The predicted octanol–water partition coefficient (Wildman–Crippen LogP) is 4.78. The van der Waals surface area contributed by atoms with Crippen molar-refractivity contribution in [3.63, 3.8) is 0 Å². The van der Waals surface area contributed by atoms with Crippen molar-refractivity contribution in [3.8, 4) is 0 Å². The molecule has 1 aliphatic rings. The standard InChI is InChI=1S/C17H33N/c1-4-6-16(13-14-18-3)11-12-17-9-7-15(5-2)8-10-17/h5,15-18H,2,4,6-14H2,1,3H3. The van der Waals surface area contributed by atoms with Gasteiger partial charge in [-0.2, -0.15) is 0 Å². The van der Waals surface area contributed by atoms with Crippen molar-refractivity contribution in [3.05, 3.63) is 12.7 Å². The summed E-state index contributed by atoms with van der Waals surface area (Å²) < 4.78 is 0. The van der Waals surface area contributed by atoms with Gasteiger partial charge in [0.15, 0.2) is 0 Å². The summed E-state index contributed by atoms with van der Waals surface area (Å²) in [5, 5.41) is 3.30. The van der Waals surface area contributed by atoms with Crippen LogP contribution < -0.4 is 5.32 Å². The molecule has 1 heteroatoms. The second kappa shape index (κ2) is 9.61. The maximum atomic E-state index is 3.93. The van der Waals surface area contributed by atoms with Crippen LogP contribution in [-0.2, 0) is 0 Å². The SMILES string of the molecule is C=CC1CCC(CCC(CCC)CCNC)CC1. The van der Waals surface area contributed by atoms with E-state index in [0.29, 0.717) is 0 Å². The molecule has 0 radical (unpaired) electrons. The Hall–Kier alpha value is -0.300. The highest BCUT2D eigenvalue weighted by Crippen LogP contribution is 2.33. The van der Waals surface area contributed by atoms with Crippen LogP contribution in [0.2, 0.25) is 0 Å². The quantitative estimate of drug-likeness (QED) is 0.581. The smallest absolute Gasteiger partial charge is 0.00493 e. The molecule has 18 heavy (non-hydrogen) atoms. The Labute approximate surface area is 114 Å². The minimum Gasteiger partial charge on any atom is -0.320 e. The normalized spacial score (nSPS) is 25.9. The van der Waals surface area contributed by atoms with Crippen LogP contribution in [-0.4, -0.2) is 13.6 Å². The molecule has 0 heterocycles. The Bertz CT molecular complexity index is 204. The van der Waals surface area contributed by atoms with Crippen LogP contribution in [0.1, 0.15) is 64.7 Å². The van der Waals surface area contributed by atoms with Gasteiger partial charge in [-0.1, -0.05) is 38.7 Å². The Morgan fingerprint density at radius 3 is 2.44 bits per heavy atom. The fourth-order valence-corrected chi connectivity index (χ4v) is 3.37. The van der Waals surface area contributed by atoms with Gasteiger partial charge in [-0.05, 0) is 63.5 Å². The minimum atomic E-state index is 0.817. The van der Waals surface area contributed by atoms with Crippen molar-refractivity contribution >= 4 is 0 Å². The molecule has 1 fully saturated rings. The monoisotopic (exact) mass is 251 g/mol. The third-order valence-corrected chi connectivity index (χ3v) is 4.71. The number of hydrogen-bond acceptors (Lipinski definition) is 1. The molecule has 1 N–H and O–H groups in total. The lowest BCUT2D eigenvalue weighted by atomic mass is 9.78. The first kappa shape index (κ1) is 15.8. The second-order valence-electron chi connectivity index (χ2n) is 6.14. The summed E-state index contributed by atoms with van der Waals surface area (Å²) in [5.74, 6) is 2.78. The number of hydrogen-bond donors (Lipinski definition) is 1. The van der Waals surface area contributed by atoms with Crippen LogP contribution in [0, 0.1) is 17.8 Å². The molecule has 1 nitrogen and oxygen atoms in total. The lowest BCUT2D eigenvalue weighted by Gasteiger charge is -2.28. The second-order valence-corrected chi connectivity index (χ2v) is 6.14. The molecule has 0 bridgehead atoms. The van der Waals surface area contributed by atoms with E-state index in [9.17, 15) is 0 Å². The molecule has 1 aliphatic carbocycles. The number of allylic oxidation sites excluding steroid dienone is 1. The van der Waals surface area contributed by atoms with E-state index in [1.165, 1.54) is 64.3 Å². The molecule has 0 saturated heterocycles. The zero-order valence-corrected chi connectivity index (χ0v) is 12.6. The van der Waals surface area contributed by atoms with Gasteiger partial charge in [0.25, 0.3) is 0 Å². The highest BCUT2D eigenvalue weighted by atomic mass is 14.8. The minimum absolute atomic E-state index is 0.817. The van der Waals surface area contributed by atoms with Crippen molar-refractivity contribution in [2.24, 2.45) is 17.8 Å². The van der Waals surface area contributed by atoms with Gasteiger partial charge >= 0.3 is 0 Å². The largest absolute Gasteiger partial charge is 0.320 e. The highest BCUT2D eigenvalue weighted by Gasteiger charge is 2.20. The lowest BCUT2D eigenvalue weighted by molar-refractivity contribution is 0.267. The molecule has 1 saturated carbocycles. The number of rotatable bonds is 9. The van der Waals surface area contributed by atoms with E-state index < -0.39 is 0 Å².